The van der Waals surface area contributed by atoms with Gasteiger partial charge in [0.15, 0.2) is 0 Å². The van der Waals surface area contributed by atoms with Crippen LogP contribution in [0.15, 0.2) is 23.1 Å². The molecule has 0 atom stereocenters. The van der Waals surface area contributed by atoms with Gasteiger partial charge in [0.1, 0.15) is 0 Å². The molecule has 0 saturated carbocycles. The molecule has 0 aliphatic heterocycles. The van der Waals surface area contributed by atoms with Crippen LogP contribution in [0.3, 0.4) is 0 Å². The van der Waals surface area contributed by atoms with Gasteiger partial charge >= 0.3 is 0 Å². The molecule has 14 heavy (non-hydrogen) atoms. The van der Waals surface area contributed by atoms with Gasteiger partial charge in [-0.3, -0.25) is 4.79 Å². The van der Waals surface area contributed by atoms with Crippen molar-refractivity contribution in [3.8, 4) is 0 Å². The van der Waals surface area contributed by atoms with Crippen LogP contribution in [0.4, 0.5) is 0 Å². The highest BCUT2D eigenvalue weighted by molar-refractivity contribution is 8.13. The molecular weight excluding hydrogens is 226 g/mol. The maximum absolute atomic E-state index is 11.0. The predicted octanol–water partition coefficient (Wildman–Crippen LogP) is 1.02. The van der Waals surface area contributed by atoms with Gasteiger partial charge in [-0.05, 0) is 30.7 Å². The number of carbonyl (C=O) groups is 1. The molecule has 6 heteroatoms. The second-order valence-electron chi connectivity index (χ2n) is 2.78. The number of amides is 1. The van der Waals surface area contributed by atoms with E-state index in [1.807, 2.05) is 0 Å². The van der Waals surface area contributed by atoms with E-state index in [9.17, 15) is 13.2 Å². The molecule has 76 valence electrons. The Balaban J connectivity index is 3.35. The molecule has 1 rings (SSSR count). The zero-order chi connectivity index (χ0) is 10.9. The summed E-state index contributed by atoms with van der Waals surface area (Å²) in [5.41, 5.74) is 5.68. The number of nitrogens with two attached hydrogens (primary N) is 1. The SMILES string of the molecule is Cc1cc(C(N)=O)ccc1S(=O)(=O)Cl. The van der Waals surface area contributed by atoms with Crippen molar-refractivity contribution in [3.05, 3.63) is 29.3 Å². The topological polar surface area (TPSA) is 77.2 Å². The summed E-state index contributed by atoms with van der Waals surface area (Å²) >= 11 is 0. The first-order valence-corrected chi connectivity index (χ1v) is 5.98. The van der Waals surface area contributed by atoms with E-state index in [1.165, 1.54) is 18.2 Å². The van der Waals surface area contributed by atoms with E-state index in [4.69, 9.17) is 16.4 Å². The van der Waals surface area contributed by atoms with Gasteiger partial charge < -0.3 is 5.73 Å². The van der Waals surface area contributed by atoms with Gasteiger partial charge in [0.05, 0.1) is 4.90 Å². The van der Waals surface area contributed by atoms with Crippen molar-refractivity contribution in [2.45, 2.75) is 11.8 Å². The summed E-state index contributed by atoms with van der Waals surface area (Å²) in [5.74, 6) is -0.605. The standard InChI is InChI=1S/C8H8ClNO3S/c1-5-4-6(8(10)11)2-3-7(5)14(9,12)13/h2-4H,1H3,(H2,10,11). The van der Waals surface area contributed by atoms with E-state index in [1.54, 1.807) is 6.92 Å². The van der Waals surface area contributed by atoms with Crippen LogP contribution in [0.1, 0.15) is 15.9 Å². The Morgan fingerprint density at radius 1 is 1.43 bits per heavy atom. The van der Waals surface area contributed by atoms with E-state index in [-0.39, 0.29) is 10.5 Å². The van der Waals surface area contributed by atoms with Crippen LogP contribution in [0, 0.1) is 6.92 Å². The van der Waals surface area contributed by atoms with Crippen molar-refractivity contribution in [1.82, 2.24) is 0 Å². The Kier molecular flexibility index (Phi) is 2.82. The third-order valence-electron chi connectivity index (χ3n) is 1.72. The molecule has 0 radical (unpaired) electrons. The number of primary amides is 1. The normalized spacial score (nSPS) is 11.3. The number of hydrogen-bond acceptors (Lipinski definition) is 3. The van der Waals surface area contributed by atoms with Crippen LogP contribution in [-0.2, 0) is 9.05 Å². The summed E-state index contributed by atoms with van der Waals surface area (Å²) < 4.78 is 22.0. The van der Waals surface area contributed by atoms with Gasteiger partial charge in [0.25, 0.3) is 9.05 Å². The first-order chi connectivity index (χ1) is 6.32. The first-order valence-electron chi connectivity index (χ1n) is 3.67. The summed E-state index contributed by atoms with van der Waals surface area (Å²) in [4.78, 5) is 10.7. The molecule has 2 N–H and O–H groups in total. The van der Waals surface area contributed by atoms with E-state index >= 15 is 0 Å². The second kappa shape index (κ2) is 3.59. The fourth-order valence-electron chi connectivity index (χ4n) is 1.08. The molecule has 0 fully saturated rings. The fourth-order valence-corrected chi connectivity index (χ4v) is 2.27. The fraction of sp³-hybridized carbons (Fsp3) is 0.125. The van der Waals surface area contributed by atoms with Gasteiger partial charge in [-0.1, -0.05) is 0 Å². The lowest BCUT2D eigenvalue weighted by Crippen LogP contribution is -2.11. The number of carbonyl (C=O) groups excluding carboxylic acids is 1. The quantitative estimate of drug-likeness (QED) is 0.775. The Morgan fingerprint density at radius 3 is 2.36 bits per heavy atom. The van der Waals surface area contributed by atoms with Crippen molar-refractivity contribution < 1.29 is 13.2 Å². The van der Waals surface area contributed by atoms with E-state index in [0.29, 0.717) is 5.56 Å². The Labute approximate surface area is 86.1 Å². The summed E-state index contributed by atoms with van der Waals surface area (Å²) in [6, 6.07) is 3.97. The van der Waals surface area contributed by atoms with Gasteiger partial charge in [-0.15, -0.1) is 0 Å². The maximum Gasteiger partial charge on any atom is 0.261 e. The highest BCUT2D eigenvalue weighted by Gasteiger charge is 2.14. The first kappa shape index (κ1) is 11.0. The van der Waals surface area contributed by atoms with E-state index in [0.717, 1.165) is 0 Å². The van der Waals surface area contributed by atoms with Gasteiger partial charge in [0, 0.05) is 16.2 Å². The Morgan fingerprint density at radius 2 is 2.00 bits per heavy atom. The molecule has 1 amide bonds. The predicted molar refractivity (Wildman–Crippen MR) is 52.7 cm³/mol. The molecule has 1 aromatic carbocycles. The highest BCUT2D eigenvalue weighted by atomic mass is 35.7. The molecule has 0 heterocycles. The lowest BCUT2D eigenvalue weighted by atomic mass is 10.1. The van der Waals surface area contributed by atoms with E-state index < -0.39 is 15.0 Å². The molecule has 1 aromatic rings. The smallest absolute Gasteiger partial charge is 0.261 e. The van der Waals surface area contributed by atoms with Crippen LogP contribution in [0.5, 0.6) is 0 Å². The van der Waals surface area contributed by atoms with Crippen LogP contribution < -0.4 is 5.73 Å². The Bertz CT molecular complexity index is 481. The average Bonchev–Trinajstić information content (AvgIpc) is 2.01. The molecule has 0 aromatic heterocycles. The minimum atomic E-state index is -3.76. The largest absolute Gasteiger partial charge is 0.366 e. The number of benzene rings is 1. The molecule has 0 saturated heterocycles. The maximum atomic E-state index is 11.0. The third-order valence-corrected chi connectivity index (χ3v) is 3.20. The lowest BCUT2D eigenvalue weighted by Gasteiger charge is -2.02. The van der Waals surface area contributed by atoms with Gasteiger partial charge in [-0.2, -0.15) is 0 Å². The number of rotatable bonds is 2. The second-order valence-corrected chi connectivity index (χ2v) is 5.32. The van der Waals surface area contributed by atoms with Gasteiger partial charge in [-0.25, -0.2) is 8.42 Å². The molecular formula is C8H8ClNO3S. The highest BCUT2D eigenvalue weighted by Crippen LogP contribution is 2.20. The monoisotopic (exact) mass is 233 g/mol. The van der Waals surface area contributed by atoms with Crippen LogP contribution >= 0.6 is 10.7 Å². The summed E-state index contributed by atoms with van der Waals surface area (Å²) in [6.07, 6.45) is 0. The molecule has 0 spiro atoms. The van der Waals surface area contributed by atoms with E-state index in [2.05, 4.69) is 0 Å². The molecule has 4 nitrogen and oxygen atoms in total. The summed E-state index contributed by atoms with van der Waals surface area (Å²) in [7, 11) is 1.40. The molecule has 0 bridgehead atoms. The van der Waals surface area contributed by atoms with Crippen LogP contribution in [0.2, 0.25) is 0 Å². The van der Waals surface area contributed by atoms with Crippen LogP contribution in [0.25, 0.3) is 0 Å². The number of aryl methyl sites for hydroxylation is 1. The minimum Gasteiger partial charge on any atom is -0.366 e. The third kappa shape index (κ3) is 2.24. The van der Waals surface area contributed by atoms with Crippen molar-refractivity contribution in [2.75, 3.05) is 0 Å². The van der Waals surface area contributed by atoms with Crippen molar-refractivity contribution in [1.29, 1.82) is 0 Å². The van der Waals surface area contributed by atoms with Gasteiger partial charge in [0.2, 0.25) is 5.91 Å². The number of halogens is 1. The van der Waals surface area contributed by atoms with Crippen molar-refractivity contribution in [3.63, 3.8) is 0 Å². The molecule has 0 aliphatic rings. The number of hydrogen-bond donors (Lipinski definition) is 1. The Hall–Kier alpha value is -1.07. The molecule has 0 unspecified atom stereocenters. The van der Waals surface area contributed by atoms with Crippen LogP contribution in [-0.4, -0.2) is 14.3 Å². The summed E-state index contributed by atoms with van der Waals surface area (Å²) in [6.45, 7) is 1.54. The zero-order valence-corrected chi connectivity index (χ0v) is 8.89. The van der Waals surface area contributed by atoms with Crippen molar-refractivity contribution in [2.24, 2.45) is 5.73 Å². The average molecular weight is 234 g/mol. The summed E-state index contributed by atoms with van der Waals surface area (Å²) in [5, 5.41) is 0. The van der Waals surface area contributed by atoms with Crippen molar-refractivity contribution >= 4 is 25.6 Å². The zero-order valence-electron chi connectivity index (χ0n) is 7.32. The minimum absolute atomic E-state index is 0.0100. The lowest BCUT2D eigenvalue weighted by molar-refractivity contribution is 0.1000. The molecule has 0 aliphatic carbocycles.